The van der Waals surface area contributed by atoms with E-state index in [0.29, 0.717) is 0 Å². The van der Waals surface area contributed by atoms with Crippen LogP contribution in [0.3, 0.4) is 0 Å². The van der Waals surface area contributed by atoms with Crippen molar-refractivity contribution in [1.29, 1.82) is 0 Å². The predicted octanol–water partition coefficient (Wildman–Crippen LogP) is 3.29. The lowest BCUT2D eigenvalue weighted by atomic mass is 10.1. The van der Waals surface area contributed by atoms with Gasteiger partial charge in [-0.15, -0.1) is 0 Å². The fraction of sp³-hybridized carbons (Fsp3) is 0.500. The average molecular weight is 296 g/mol. The van der Waals surface area contributed by atoms with Crippen LogP contribution >= 0.6 is 0 Å². The summed E-state index contributed by atoms with van der Waals surface area (Å²) in [6, 6.07) is 5.13. The first-order valence-electron chi connectivity index (χ1n) is 5.60. The highest BCUT2D eigenvalue weighted by Crippen LogP contribution is 2.32. The molecule has 1 aromatic rings. The number of halogens is 3. The lowest BCUT2D eigenvalue weighted by Crippen LogP contribution is -2.38. The summed E-state index contributed by atoms with van der Waals surface area (Å²) in [6.07, 6.45) is -7.09. The molecule has 108 valence electrons. The van der Waals surface area contributed by atoms with Crippen molar-refractivity contribution < 1.29 is 25.8 Å². The highest BCUT2D eigenvalue weighted by Gasteiger charge is 2.47. The summed E-state index contributed by atoms with van der Waals surface area (Å²) >= 11 is 0. The molecular formula is C12H15F3O3S. The number of rotatable bonds is 5. The van der Waals surface area contributed by atoms with Gasteiger partial charge in [0.1, 0.15) is 0 Å². The van der Waals surface area contributed by atoms with Crippen LogP contribution in [0.1, 0.15) is 19.4 Å². The Balaban J connectivity index is 3.00. The Hall–Kier alpha value is -1.08. The van der Waals surface area contributed by atoms with Gasteiger partial charge in [-0.3, -0.25) is 0 Å². The zero-order chi connectivity index (χ0) is 14.8. The van der Waals surface area contributed by atoms with Gasteiger partial charge < -0.3 is 0 Å². The minimum Gasteiger partial charge on any atom is -0.237 e. The molecule has 7 heteroatoms. The topological polar surface area (TPSA) is 43.4 Å². The second-order valence-electron chi connectivity index (χ2n) is 4.56. The molecule has 0 saturated carbocycles. The largest absolute Gasteiger partial charge is 0.400 e. The van der Waals surface area contributed by atoms with Crippen molar-refractivity contribution in [3.05, 3.63) is 29.8 Å². The van der Waals surface area contributed by atoms with Gasteiger partial charge in [-0.2, -0.15) is 21.4 Å². The molecule has 0 saturated heterocycles. The second-order valence-corrected chi connectivity index (χ2v) is 6.10. The molecule has 1 atom stereocenters. The van der Waals surface area contributed by atoms with Gasteiger partial charge in [-0.05, 0) is 25.0 Å². The third kappa shape index (κ3) is 3.94. The van der Waals surface area contributed by atoms with Gasteiger partial charge in [-0.25, -0.2) is 4.39 Å². The van der Waals surface area contributed by atoms with E-state index in [4.69, 9.17) is 0 Å². The van der Waals surface area contributed by atoms with Gasteiger partial charge in [0.25, 0.3) is 0 Å². The van der Waals surface area contributed by atoms with Crippen molar-refractivity contribution in [3.63, 3.8) is 0 Å². The van der Waals surface area contributed by atoms with E-state index in [2.05, 4.69) is 4.18 Å². The fourth-order valence-electron chi connectivity index (χ4n) is 1.33. The predicted molar refractivity (Wildman–Crippen MR) is 64.1 cm³/mol. The Labute approximate surface area is 110 Å². The van der Waals surface area contributed by atoms with Crippen LogP contribution in [0.2, 0.25) is 0 Å². The fourth-order valence-corrected chi connectivity index (χ4v) is 2.28. The standard InChI is InChI=1S/C12H15F3O3S/c1-8(2)11(13)12(14,15)18-19(16,17)10-6-4-9(3)5-7-10/h4-8,11H,1-3H3. The van der Waals surface area contributed by atoms with Crippen LogP contribution in [0.25, 0.3) is 0 Å². The van der Waals surface area contributed by atoms with E-state index in [-0.39, 0.29) is 0 Å². The van der Waals surface area contributed by atoms with Crippen LogP contribution in [0.5, 0.6) is 0 Å². The van der Waals surface area contributed by atoms with Crippen molar-refractivity contribution in [3.8, 4) is 0 Å². The van der Waals surface area contributed by atoms with Crippen LogP contribution < -0.4 is 0 Å². The molecular weight excluding hydrogens is 281 g/mol. The molecule has 3 nitrogen and oxygen atoms in total. The van der Waals surface area contributed by atoms with Crippen molar-refractivity contribution in [2.45, 2.75) is 37.9 Å². The molecule has 0 spiro atoms. The summed E-state index contributed by atoms with van der Waals surface area (Å²) in [7, 11) is -4.70. The van der Waals surface area contributed by atoms with Crippen LogP contribution in [0, 0.1) is 12.8 Å². The minimum absolute atomic E-state index is 0.436. The van der Waals surface area contributed by atoms with Gasteiger partial charge in [0.15, 0.2) is 6.17 Å². The van der Waals surface area contributed by atoms with Crippen LogP contribution in [-0.4, -0.2) is 20.7 Å². The Morgan fingerprint density at radius 3 is 2.05 bits per heavy atom. The van der Waals surface area contributed by atoms with Gasteiger partial charge in [0.05, 0.1) is 4.90 Å². The Morgan fingerprint density at radius 2 is 1.63 bits per heavy atom. The number of alkyl halides is 3. The maximum absolute atomic E-state index is 13.4. The zero-order valence-corrected chi connectivity index (χ0v) is 11.5. The molecule has 0 aliphatic heterocycles. The van der Waals surface area contributed by atoms with Crippen LogP contribution in [0.4, 0.5) is 13.2 Å². The first-order valence-corrected chi connectivity index (χ1v) is 7.01. The monoisotopic (exact) mass is 296 g/mol. The van der Waals surface area contributed by atoms with Gasteiger partial charge >= 0.3 is 16.2 Å². The average Bonchev–Trinajstić information content (AvgIpc) is 2.27. The summed E-state index contributed by atoms with van der Waals surface area (Å²) < 4.78 is 67.0. The maximum atomic E-state index is 13.4. The number of hydrogen-bond acceptors (Lipinski definition) is 3. The number of benzene rings is 1. The Bertz CT molecular complexity index is 524. The van der Waals surface area contributed by atoms with Crippen molar-refractivity contribution >= 4 is 10.1 Å². The molecule has 1 rings (SSSR count). The zero-order valence-electron chi connectivity index (χ0n) is 10.7. The third-order valence-electron chi connectivity index (χ3n) is 2.44. The summed E-state index contributed by atoms with van der Waals surface area (Å²) in [5.74, 6) is -1.07. The lowest BCUT2D eigenvalue weighted by molar-refractivity contribution is -0.226. The summed E-state index contributed by atoms with van der Waals surface area (Å²) in [4.78, 5) is -0.436. The third-order valence-corrected chi connectivity index (χ3v) is 3.73. The molecule has 0 aliphatic rings. The summed E-state index contributed by atoms with van der Waals surface area (Å²) in [5.41, 5.74) is 0.760. The molecule has 19 heavy (non-hydrogen) atoms. The molecule has 0 bridgehead atoms. The normalized spacial score (nSPS) is 14.7. The molecule has 0 heterocycles. The molecule has 0 radical (unpaired) electrons. The van der Waals surface area contributed by atoms with E-state index in [1.54, 1.807) is 6.92 Å². The highest BCUT2D eigenvalue weighted by molar-refractivity contribution is 7.86. The smallest absolute Gasteiger partial charge is 0.237 e. The van der Waals surface area contributed by atoms with Crippen molar-refractivity contribution in [2.75, 3.05) is 0 Å². The van der Waals surface area contributed by atoms with E-state index >= 15 is 0 Å². The summed E-state index contributed by atoms with van der Waals surface area (Å²) in [5, 5.41) is 0. The minimum atomic E-state index is -4.70. The van der Waals surface area contributed by atoms with E-state index in [1.807, 2.05) is 0 Å². The van der Waals surface area contributed by atoms with E-state index in [1.165, 1.54) is 26.0 Å². The quantitative estimate of drug-likeness (QED) is 0.783. The molecule has 0 fully saturated rings. The van der Waals surface area contributed by atoms with Crippen LogP contribution in [-0.2, 0) is 14.3 Å². The molecule has 1 aromatic carbocycles. The van der Waals surface area contributed by atoms with Crippen molar-refractivity contribution in [1.82, 2.24) is 0 Å². The molecule has 1 unspecified atom stereocenters. The molecule has 0 amide bonds. The Kier molecular flexibility index (Phi) is 4.63. The molecule has 0 N–H and O–H groups in total. The van der Waals surface area contributed by atoms with Crippen LogP contribution in [0.15, 0.2) is 29.2 Å². The SMILES string of the molecule is Cc1ccc(S(=O)(=O)OC(F)(F)C(F)C(C)C)cc1. The second kappa shape index (κ2) is 5.50. The number of aryl methyl sites for hydroxylation is 1. The van der Waals surface area contributed by atoms with Crippen molar-refractivity contribution in [2.24, 2.45) is 5.92 Å². The first kappa shape index (κ1) is 16.0. The molecule has 0 aromatic heterocycles. The van der Waals surface area contributed by atoms with E-state index in [9.17, 15) is 21.6 Å². The van der Waals surface area contributed by atoms with E-state index < -0.39 is 33.2 Å². The Morgan fingerprint density at radius 1 is 1.16 bits per heavy atom. The maximum Gasteiger partial charge on any atom is 0.400 e. The summed E-state index contributed by atoms with van der Waals surface area (Å²) in [6.45, 7) is 4.13. The lowest BCUT2D eigenvalue weighted by Gasteiger charge is -2.22. The highest BCUT2D eigenvalue weighted by atomic mass is 32.2. The number of hydrogen-bond donors (Lipinski definition) is 0. The van der Waals surface area contributed by atoms with E-state index in [0.717, 1.165) is 17.7 Å². The van der Waals surface area contributed by atoms with Gasteiger partial charge in [-0.1, -0.05) is 31.5 Å². The first-order chi connectivity index (χ1) is 8.56. The van der Waals surface area contributed by atoms with Gasteiger partial charge in [0, 0.05) is 0 Å². The molecule has 0 aliphatic carbocycles. The van der Waals surface area contributed by atoms with Gasteiger partial charge in [0.2, 0.25) is 0 Å².